The molecule has 216 valence electrons. The van der Waals surface area contributed by atoms with Crippen molar-refractivity contribution in [2.45, 2.75) is 55.4 Å². The van der Waals surface area contributed by atoms with Gasteiger partial charge < -0.3 is 19.7 Å². The Morgan fingerprint density at radius 1 is 1.07 bits per heavy atom. The third-order valence-corrected chi connectivity index (χ3v) is 9.13. The summed E-state index contributed by atoms with van der Waals surface area (Å²) in [6.45, 7) is 2.13. The first-order chi connectivity index (χ1) is 19.6. The molecule has 3 aromatic rings. The van der Waals surface area contributed by atoms with E-state index in [0.717, 1.165) is 5.56 Å². The highest BCUT2D eigenvalue weighted by Gasteiger charge is 2.39. The molecule has 1 saturated heterocycles. The molecule has 41 heavy (non-hydrogen) atoms. The second-order valence-corrected chi connectivity index (χ2v) is 12.5. The molecule has 4 atom stereocenters. The molecule has 5 rings (SSSR count). The standard InChI is InChI=1S/C30H32ClN3O6S/c1-19(20-6-4-3-5-7-20)32-29(35)17-23-11-14-26-28(40-23)18-39-27-15-10-22(16-25(27)30(36)34(26)2)33-41(37,38)24-12-8-21(31)9-13-24/h3-10,12-13,15-16,19,23,26,28,33H,11,14,17-18H2,1-2H3,(H,32,35)/t19-,23-,26+,28+/m1/s1. The van der Waals surface area contributed by atoms with Crippen molar-refractivity contribution in [1.29, 1.82) is 0 Å². The fourth-order valence-corrected chi connectivity index (χ4v) is 6.43. The van der Waals surface area contributed by atoms with Gasteiger partial charge in [0.2, 0.25) is 5.91 Å². The van der Waals surface area contributed by atoms with Crippen molar-refractivity contribution in [3.05, 3.63) is 88.9 Å². The highest BCUT2D eigenvalue weighted by atomic mass is 35.5. The summed E-state index contributed by atoms with van der Waals surface area (Å²) in [5, 5.41) is 3.46. The summed E-state index contributed by atoms with van der Waals surface area (Å²) in [4.78, 5) is 27.9. The van der Waals surface area contributed by atoms with Gasteiger partial charge in [-0.1, -0.05) is 41.9 Å². The monoisotopic (exact) mass is 597 g/mol. The van der Waals surface area contributed by atoms with Crippen molar-refractivity contribution >= 4 is 39.1 Å². The summed E-state index contributed by atoms with van der Waals surface area (Å²) in [5.74, 6) is -0.0754. The predicted octanol–water partition coefficient (Wildman–Crippen LogP) is 4.79. The highest BCUT2D eigenvalue weighted by Crippen LogP contribution is 2.33. The average molecular weight is 598 g/mol. The molecule has 2 heterocycles. The predicted molar refractivity (Wildman–Crippen MR) is 156 cm³/mol. The van der Waals surface area contributed by atoms with Crippen LogP contribution < -0.4 is 14.8 Å². The summed E-state index contributed by atoms with van der Waals surface area (Å²) in [6, 6.07) is 19.8. The summed E-state index contributed by atoms with van der Waals surface area (Å²) in [5.41, 5.74) is 1.51. The van der Waals surface area contributed by atoms with Crippen LogP contribution in [0.1, 0.15) is 48.1 Å². The van der Waals surface area contributed by atoms with E-state index >= 15 is 0 Å². The first-order valence-corrected chi connectivity index (χ1v) is 15.3. The van der Waals surface area contributed by atoms with Gasteiger partial charge in [-0.05, 0) is 67.8 Å². The molecule has 0 radical (unpaired) electrons. The van der Waals surface area contributed by atoms with Crippen molar-refractivity contribution in [3.63, 3.8) is 0 Å². The molecule has 0 aliphatic carbocycles. The molecule has 2 N–H and O–H groups in total. The lowest BCUT2D eigenvalue weighted by atomic mass is 9.94. The third-order valence-electron chi connectivity index (χ3n) is 7.48. The number of nitrogens with zero attached hydrogens (tertiary/aromatic N) is 1. The van der Waals surface area contributed by atoms with E-state index in [9.17, 15) is 18.0 Å². The van der Waals surface area contributed by atoms with E-state index in [1.807, 2.05) is 37.3 Å². The van der Waals surface area contributed by atoms with E-state index < -0.39 is 16.1 Å². The van der Waals surface area contributed by atoms with Crippen molar-refractivity contribution in [2.75, 3.05) is 18.4 Å². The van der Waals surface area contributed by atoms with Crippen LogP contribution in [0.25, 0.3) is 0 Å². The van der Waals surface area contributed by atoms with Gasteiger partial charge in [0.25, 0.3) is 15.9 Å². The number of amides is 2. The van der Waals surface area contributed by atoms with Crippen molar-refractivity contribution in [2.24, 2.45) is 0 Å². The van der Waals surface area contributed by atoms with Gasteiger partial charge in [-0.15, -0.1) is 0 Å². The number of rotatable bonds is 7. The number of halogens is 1. The number of nitrogens with one attached hydrogen (secondary N) is 2. The normalized spacial score (nSPS) is 21.4. The van der Waals surface area contributed by atoms with Crippen LogP contribution in [0.15, 0.2) is 77.7 Å². The molecule has 2 amide bonds. The number of likely N-dealkylation sites (N-methyl/N-ethyl adjacent to an activating group) is 1. The van der Waals surface area contributed by atoms with E-state index in [1.54, 1.807) is 24.1 Å². The lowest BCUT2D eigenvalue weighted by Crippen LogP contribution is -2.54. The number of fused-ring (bicyclic) bond motifs is 2. The fourth-order valence-electron chi connectivity index (χ4n) is 5.25. The van der Waals surface area contributed by atoms with Crippen molar-refractivity contribution in [3.8, 4) is 5.75 Å². The molecule has 0 unspecified atom stereocenters. The minimum Gasteiger partial charge on any atom is -0.490 e. The Labute approximate surface area is 244 Å². The zero-order valence-corrected chi connectivity index (χ0v) is 24.3. The van der Waals surface area contributed by atoms with E-state index in [0.29, 0.717) is 23.6 Å². The van der Waals surface area contributed by atoms with Gasteiger partial charge in [0.1, 0.15) is 18.5 Å². The second kappa shape index (κ2) is 12.1. The van der Waals surface area contributed by atoms with Crippen molar-refractivity contribution in [1.82, 2.24) is 10.2 Å². The average Bonchev–Trinajstić information content (AvgIpc) is 2.95. The summed E-state index contributed by atoms with van der Waals surface area (Å²) in [7, 11) is -2.18. The maximum absolute atomic E-state index is 13.5. The first-order valence-electron chi connectivity index (χ1n) is 13.4. The molecule has 9 nitrogen and oxygen atoms in total. The van der Waals surface area contributed by atoms with Crippen LogP contribution in [0.4, 0.5) is 5.69 Å². The van der Waals surface area contributed by atoms with Gasteiger partial charge in [-0.2, -0.15) is 0 Å². The molecule has 0 aromatic heterocycles. The Morgan fingerprint density at radius 3 is 2.54 bits per heavy atom. The van der Waals surface area contributed by atoms with Gasteiger partial charge in [0, 0.05) is 17.8 Å². The van der Waals surface area contributed by atoms with Gasteiger partial charge in [-0.25, -0.2) is 8.42 Å². The smallest absolute Gasteiger partial charge is 0.261 e. The molecular formula is C30H32ClN3O6S. The van der Waals surface area contributed by atoms with Crippen LogP contribution in [0, 0.1) is 0 Å². The van der Waals surface area contributed by atoms with Crippen molar-refractivity contribution < 1.29 is 27.5 Å². The molecule has 11 heteroatoms. The first kappa shape index (κ1) is 28.9. The van der Waals surface area contributed by atoms with Crippen LogP contribution in [0.5, 0.6) is 5.75 Å². The molecule has 1 fully saturated rings. The number of carbonyl (C=O) groups excluding carboxylic acids is 2. The van der Waals surface area contributed by atoms with E-state index in [1.165, 1.54) is 30.3 Å². The van der Waals surface area contributed by atoms with Crippen LogP contribution in [-0.2, 0) is 19.6 Å². The number of benzene rings is 3. The van der Waals surface area contributed by atoms with Crippen LogP contribution >= 0.6 is 11.6 Å². The fraction of sp³-hybridized carbons (Fsp3) is 0.333. The Morgan fingerprint density at radius 2 is 1.80 bits per heavy atom. The maximum Gasteiger partial charge on any atom is 0.261 e. The summed E-state index contributed by atoms with van der Waals surface area (Å²) >= 11 is 5.88. The van der Waals surface area contributed by atoms with E-state index in [2.05, 4.69) is 10.0 Å². The zero-order valence-electron chi connectivity index (χ0n) is 22.7. The number of ether oxygens (including phenoxy) is 2. The molecule has 2 aliphatic rings. The molecule has 2 aliphatic heterocycles. The molecule has 0 spiro atoms. The minimum absolute atomic E-state index is 0.0493. The number of anilines is 1. The Hall–Kier alpha value is -3.60. The van der Waals surface area contributed by atoms with Gasteiger partial charge in [0.15, 0.2) is 0 Å². The van der Waals surface area contributed by atoms with Gasteiger partial charge in [-0.3, -0.25) is 14.3 Å². The molecule has 3 aromatic carbocycles. The zero-order chi connectivity index (χ0) is 29.1. The van der Waals surface area contributed by atoms with Gasteiger partial charge in [0.05, 0.1) is 35.1 Å². The van der Waals surface area contributed by atoms with Crippen LogP contribution in [0.2, 0.25) is 5.02 Å². The van der Waals surface area contributed by atoms with Crippen LogP contribution in [0.3, 0.4) is 0 Å². The number of sulfonamides is 1. The Kier molecular flexibility index (Phi) is 8.53. The molecule has 0 bridgehead atoms. The lowest BCUT2D eigenvalue weighted by Gasteiger charge is -2.42. The largest absolute Gasteiger partial charge is 0.490 e. The highest BCUT2D eigenvalue weighted by molar-refractivity contribution is 7.92. The van der Waals surface area contributed by atoms with Crippen LogP contribution in [-0.4, -0.2) is 57.0 Å². The summed E-state index contributed by atoms with van der Waals surface area (Å²) < 4.78 is 40.5. The van der Waals surface area contributed by atoms with E-state index in [4.69, 9.17) is 21.1 Å². The topological polar surface area (TPSA) is 114 Å². The molecular weight excluding hydrogens is 566 g/mol. The number of carbonyl (C=O) groups is 2. The van der Waals surface area contributed by atoms with Gasteiger partial charge >= 0.3 is 0 Å². The maximum atomic E-state index is 13.5. The SMILES string of the molecule is C[C@@H](NC(=O)C[C@H]1CC[C@H]2[C@H](COc3ccc(NS(=O)(=O)c4ccc(Cl)cc4)cc3C(=O)N2C)O1)c1ccccc1. The number of hydrogen-bond donors (Lipinski definition) is 2. The second-order valence-electron chi connectivity index (χ2n) is 10.3. The number of hydrogen-bond acceptors (Lipinski definition) is 6. The Balaban J connectivity index is 1.25. The quantitative estimate of drug-likeness (QED) is 0.405. The van der Waals surface area contributed by atoms with E-state index in [-0.39, 0.29) is 59.2 Å². The molecule has 0 saturated carbocycles. The minimum atomic E-state index is -3.89. The third kappa shape index (κ3) is 6.66. The summed E-state index contributed by atoms with van der Waals surface area (Å²) in [6.07, 6.45) is 0.750. The lowest BCUT2D eigenvalue weighted by molar-refractivity contribution is -0.134. The Bertz CT molecular complexity index is 1520.